The number of ether oxygens (including phenoxy) is 1. The van der Waals surface area contributed by atoms with Gasteiger partial charge in [-0.1, -0.05) is 0 Å². The molecule has 0 unspecified atom stereocenters. The molecule has 0 aromatic heterocycles. The SMILES string of the molecule is COC1=CC[C@@](O)(CO)CC1=O. The second-order valence-electron chi connectivity index (χ2n) is 2.96. The maximum absolute atomic E-state index is 11.1. The van der Waals surface area contributed by atoms with Crippen LogP contribution in [0.4, 0.5) is 0 Å². The van der Waals surface area contributed by atoms with Crippen LogP contribution < -0.4 is 0 Å². The number of Topliss-reactive ketones (excluding diaryl/α,β-unsaturated/α-hetero) is 1. The molecule has 0 saturated carbocycles. The molecule has 4 nitrogen and oxygen atoms in total. The molecule has 1 rings (SSSR count). The van der Waals surface area contributed by atoms with Crippen LogP contribution in [-0.2, 0) is 9.53 Å². The summed E-state index contributed by atoms with van der Waals surface area (Å²) >= 11 is 0. The predicted octanol–water partition coefficient (Wildman–Crippen LogP) is -0.397. The first-order valence-electron chi connectivity index (χ1n) is 3.72. The van der Waals surface area contributed by atoms with Crippen LogP contribution in [0.5, 0.6) is 0 Å². The Bertz CT molecular complexity index is 221. The molecule has 0 aliphatic heterocycles. The highest BCUT2D eigenvalue weighted by molar-refractivity contribution is 5.95. The van der Waals surface area contributed by atoms with E-state index < -0.39 is 12.2 Å². The monoisotopic (exact) mass is 172 g/mol. The minimum atomic E-state index is -1.28. The van der Waals surface area contributed by atoms with Crippen LogP contribution in [0, 0.1) is 0 Å². The molecular formula is C8H12O4. The summed E-state index contributed by atoms with van der Waals surface area (Å²) in [4.78, 5) is 11.1. The topological polar surface area (TPSA) is 66.8 Å². The Kier molecular flexibility index (Phi) is 2.49. The lowest BCUT2D eigenvalue weighted by atomic mass is 9.88. The molecule has 0 aromatic rings. The van der Waals surface area contributed by atoms with Gasteiger partial charge in [0, 0.05) is 12.8 Å². The maximum Gasteiger partial charge on any atom is 0.199 e. The Labute approximate surface area is 70.5 Å². The first-order valence-corrected chi connectivity index (χ1v) is 3.72. The molecule has 0 heterocycles. The van der Waals surface area contributed by atoms with Gasteiger partial charge in [0.2, 0.25) is 0 Å². The van der Waals surface area contributed by atoms with Crippen LogP contribution in [0.3, 0.4) is 0 Å². The molecule has 68 valence electrons. The van der Waals surface area contributed by atoms with Crippen molar-refractivity contribution in [3.05, 3.63) is 11.8 Å². The van der Waals surface area contributed by atoms with Crippen molar-refractivity contribution in [3.8, 4) is 0 Å². The fourth-order valence-electron chi connectivity index (χ4n) is 1.17. The third kappa shape index (κ3) is 1.65. The average Bonchev–Trinajstić information content (AvgIpc) is 2.05. The summed E-state index contributed by atoms with van der Waals surface area (Å²) in [6, 6.07) is 0. The van der Waals surface area contributed by atoms with E-state index in [1.165, 1.54) is 13.2 Å². The molecule has 2 N–H and O–H groups in total. The zero-order valence-corrected chi connectivity index (χ0v) is 6.91. The molecule has 0 amide bonds. The Balaban J connectivity index is 2.76. The fraction of sp³-hybridized carbons (Fsp3) is 0.625. The van der Waals surface area contributed by atoms with Gasteiger partial charge in [-0.15, -0.1) is 0 Å². The lowest BCUT2D eigenvalue weighted by Crippen LogP contribution is -2.38. The van der Waals surface area contributed by atoms with Gasteiger partial charge in [0.05, 0.1) is 19.3 Å². The van der Waals surface area contributed by atoms with E-state index >= 15 is 0 Å². The first-order chi connectivity index (χ1) is 5.61. The van der Waals surface area contributed by atoms with Gasteiger partial charge in [-0.05, 0) is 6.08 Å². The van der Waals surface area contributed by atoms with Gasteiger partial charge in [-0.2, -0.15) is 0 Å². The van der Waals surface area contributed by atoms with E-state index in [2.05, 4.69) is 0 Å². The van der Waals surface area contributed by atoms with E-state index in [-0.39, 0.29) is 24.4 Å². The van der Waals surface area contributed by atoms with E-state index in [0.717, 1.165) is 0 Å². The zero-order chi connectivity index (χ0) is 9.19. The molecular weight excluding hydrogens is 160 g/mol. The smallest absolute Gasteiger partial charge is 0.199 e. The van der Waals surface area contributed by atoms with Gasteiger partial charge in [-0.25, -0.2) is 0 Å². The molecule has 0 fully saturated rings. The Morgan fingerprint density at radius 2 is 2.42 bits per heavy atom. The zero-order valence-electron chi connectivity index (χ0n) is 6.91. The highest BCUT2D eigenvalue weighted by atomic mass is 16.5. The number of allylic oxidation sites excluding steroid dienone is 1. The van der Waals surface area contributed by atoms with Crippen LogP contribution in [0.25, 0.3) is 0 Å². The van der Waals surface area contributed by atoms with Crippen molar-refractivity contribution in [3.63, 3.8) is 0 Å². The average molecular weight is 172 g/mol. The van der Waals surface area contributed by atoms with Gasteiger partial charge in [-0.3, -0.25) is 4.79 Å². The number of methoxy groups -OCH3 is 1. The molecule has 1 aliphatic carbocycles. The Morgan fingerprint density at radius 1 is 1.75 bits per heavy atom. The summed E-state index contributed by atoms with van der Waals surface area (Å²) in [7, 11) is 1.41. The number of ketones is 1. The van der Waals surface area contributed by atoms with E-state index in [1.807, 2.05) is 0 Å². The van der Waals surface area contributed by atoms with Crippen LogP contribution in [0.2, 0.25) is 0 Å². The number of carbonyl (C=O) groups excluding carboxylic acids is 1. The van der Waals surface area contributed by atoms with E-state index in [1.54, 1.807) is 0 Å². The largest absolute Gasteiger partial charge is 0.493 e. The van der Waals surface area contributed by atoms with Crippen LogP contribution >= 0.6 is 0 Å². The van der Waals surface area contributed by atoms with E-state index in [4.69, 9.17) is 9.84 Å². The summed E-state index contributed by atoms with van der Waals surface area (Å²) in [5.74, 6) is 0.00780. The number of carbonyl (C=O) groups is 1. The maximum atomic E-state index is 11.1. The van der Waals surface area contributed by atoms with Gasteiger partial charge in [0.15, 0.2) is 11.5 Å². The Hall–Kier alpha value is -0.870. The molecule has 0 aromatic carbocycles. The number of aliphatic hydroxyl groups excluding tert-OH is 1. The molecule has 1 aliphatic rings. The molecule has 0 radical (unpaired) electrons. The number of hydrogen-bond donors (Lipinski definition) is 2. The minimum Gasteiger partial charge on any atom is -0.493 e. The highest BCUT2D eigenvalue weighted by Crippen LogP contribution is 2.24. The third-order valence-electron chi connectivity index (χ3n) is 1.95. The highest BCUT2D eigenvalue weighted by Gasteiger charge is 2.34. The van der Waals surface area contributed by atoms with Crippen molar-refractivity contribution < 1.29 is 19.7 Å². The van der Waals surface area contributed by atoms with Crippen LogP contribution in [0.1, 0.15) is 12.8 Å². The molecule has 12 heavy (non-hydrogen) atoms. The quantitative estimate of drug-likeness (QED) is 0.595. The fourth-order valence-corrected chi connectivity index (χ4v) is 1.17. The van der Waals surface area contributed by atoms with Crippen LogP contribution in [0.15, 0.2) is 11.8 Å². The second kappa shape index (κ2) is 3.25. The molecule has 0 saturated heterocycles. The van der Waals surface area contributed by atoms with Crippen molar-refractivity contribution >= 4 is 5.78 Å². The van der Waals surface area contributed by atoms with Crippen LogP contribution in [-0.4, -0.2) is 35.3 Å². The van der Waals surface area contributed by atoms with Gasteiger partial charge in [0.25, 0.3) is 0 Å². The molecule has 4 heteroatoms. The molecule has 0 bridgehead atoms. The van der Waals surface area contributed by atoms with E-state index in [0.29, 0.717) is 0 Å². The van der Waals surface area contributed by atoms with E-state index in [9.17, 15) is 9.90 Å². The van der Waals surface area contributed by atoms with Crippen molar-refractivity contribution in [1.82, 2.24) is 0 Å². The normalized spacial score (nSPS) is 29.9. The van der Waals surface area contributed by atoms with Gasteiger partial charge < -0.3 is 14.9 Å². The number of rotatable bonds is 2. The van der Waals surface area contributed by atoms with Crippen molar-refractivity contribution in [2.24, 2.45) is 0 Å². The van der Waals surface area contributed by atoms with Crippen molar-refractivity contribution in [1.29, 1.82) is 0 Å². The standard InChI is InChI=1S/C8H12O4/c1-12-7-2-3-8(11,5-9)4-6(7)10/h2,9,11H,3-5H2,1H3/t8-/m0/s1. The summed E-state index contributed by atoms with van der Waals surface area (Å²) in [6.45, 7) is -0.397. The molecule has 1 atom stereocenters. The summed E-state index contributed by atoms with van der Waals surface area (Å²) in [6.07, 6.45) is 1.70. The minimum absolute atomic E-state index is 0.0663. The predicted molar refractivity (Wildman–Crippen MR) is 41.4 cm³/mol. The first kappa shape index (κ1) is 9.22. The summed E-state index contributed by atoms with van der Waals surface area (Å²) < 4.78 is 4.76. The molecule has 0 spiro atoms. The van der Waals surface area contributed by atoms with Crippen molar-refractivity contribution in [2.75, 3.05) is 13.7 Å². The van der Waals surface area contributed by atoms with Crippen molar-refractivity contribution in [2.45, 2.75) is 18.4 Å². The summed E-state index contributed by atoms with van der Waals surface area (Å²) in [5, 5.41) is 18.2. The Morgan fingerprint density at radius 3 is 2.83 bits per heavy atom. The number of hydrogen-bond acceptors (Lipinski definition) is 4. The van der Waals surface area contributed by atoms with Gasteiger partial charge >= 0.3 is 0 Å². The van der Waals surface area contributed by atoms with Gasteiger partial charge in [0.1, 0.15) is 0 Å². The lowest BCUT2D eigenvalue weighted by molar-refractivity contribution is -0.126. The third-order valence-corrected chi connectivity index (χ3v) is 1.95. The lowest BCUT2D eigenvalue weighted by Gasteiger charge is -2.27. The second-order valence-corrected chi connectivity index (χ2v) is 2.96. The number of aliphatic hydroxyl groups is 2. The summed E-state index contributed by atoms with van der Waals surface area (Å²) in [5.41, 5.74) is -1.28.